The predicted molar refractivity (Wildman–Crippen MR) is 74.7 cm³/mol. The van der Waals surface area contributed by atoms with Gasteiger partial charge in [-0.15, -0.1) is 0 Å². The summed E-state index contributed by atoms with van der Waals surface area (Å²) in [6.45, 7) is 1.33. The summed E-state index contributed by atoms with van der Waals surface area (Å²) in [5, 5.41) is 13.2. The third-order valence-corrected chi connectivity index (χ3v) is 4.33. The van der Waals surface area contributed by atoms with Gasteiger partial charge in [-0.05, 0) is 12.1 Å². The van der Waals surface area contributed by atoms with Gasteiger partial charge in [0.1, 0.15) is 5.82 Å². The van der Waals surface area contributed by atoms with Crippen molar-refractivity contribution in [3.63, 3.8) is 0 Å². The molecule has 1 aromatic rings. The van der Waals surface area contributed by atoms with E-state index in [0.717, 1.165) is 12.1 Å². The van der Waals surface area contributed by atoms with Crippen molar-refractivity contribution in [1.82, 2.24) is 5.32 Å². The van der Waals surface area contributed by atoms with Crippen LogP contribution in [-0.2, 0) is 9.84 Å². The van der Waals surface area contributed by atoms with E-state index in [1.165, 1.54) is 13.0 Å². The van der Waals surface area contributed by atoms with Crippen molar-refractivity contribution in [1.29, 1.82) is 0 Å². The number of carbonyl (C=O) groups is 2. The van der Waals surface area contributed by atoms with Crippen LogP contribution in [0.3, 0.4) is 0 Å². The summed E-state index contributed by atoms with van der Waals surface area (Å²) >= 11 is 0. The SMILES string of the molecule is CCS(=O)(=O)CCNC(=O)Nc1c(F)cccc1C(=O)O. The first-order chi connectivity index (χ1) is 9.76. The van der Waals surface area contributed by atoms with Gasteiger partial charge in [0.25, 0.3) is 0 Å². The lowest BCUT2D eigenvalue weighted by Gasteiger charge is -2.10. The zero-order valence-electron chi connectivity index (χ0n) is 11.2. The molecule has 7 nitrogen and oxygen atoms in total. The fraction of sp³-hybridized carbons (Fsp3) is 0.333. The zero-order chi connectivity index (χ0) is 16.0. The maximum Gasteiger partial charge on any atom is 0.337 e. The molecule has 0 fully saturated rings. The summed E-state index contributed by atoms with van der Waals surface area (Å²) in [4.78, 5) is 22.5. The summed E-state index contributed by atoms with van der Waals surface area (Å²) in [5.74, 6) is -2.59. The van der Waals surface area contributed by atoms with Gasteiger partial charge in [0.2, 0.25) is 0 Å². The molecule has 1 rings (SSSR count). The molecule has 1 aromatic carbocycles. The molecular weight excluding hydrogens is 303 g/mol. The molecule has 0 atom stereocenters. The van der Waals surface area contributed by atoms with Crippen LogP contribution < -0.4 is 10.6 Å². The number of hydrogen-bond acceptors (Lipinski definition) is 4. The van der Waals surface area contributed by atoms with Crippen molar-refractivity contribution < 1.29 is 27.5 Å². The largest absolute Gasteiger partial charge is 0.478 e. The molecule has 0 radical (unpaired) electrons. The molecule has 21 heavy (non-hydrogen) atoms. The highest BCUT2D eigenvalue weighted by molar-refractivity contribution is 7.91. The minimum absolute atomic E-state index is 0.0488. The highest BCUT2D eigenvalue weighted by Crippen LogP contribution is 2.19. The first-order valence-electron chi connectivity index (χ1n) is 6.04. The molecule has 0 spiro atoms. The topological polar surface area (TPSA) is 113 Å². The minimum Gasteiger partial charge on any atom is -0.478 e. The molecule has 0 unspecified atom stereocenters. The number of para-hydroxylation sites is 1. The number of carboxylic acid groups (broad SMARTS) is 1. The quantitative estimate of drug-likeness (QED) is 0.726. The molecule has 2 amide bonds. The van der Waals surface area contributed by atoms with E-state index in [0.29, 0.717) is 0 Å². The van der Waals surface area contributed by atoms with Gasteiger partial charge in [-0.3, -0.25) is 0 Å². The maximum atomic E-state index is 13.5. The van der Waals surface area contributed by atoms with Crippen molar-refractivity contribution in [2.24, 2.45) is 0 Å². The van der Waals surface area contributed by atoms with Crippen LogP contribution in [0, 0.1) is 5.82 Å². The highest BCUT2D eigenvalue weighted by atomic mass is 32.2. The van der Waals surface area contributed by atoms with Crippen LogP contribution in [0.2, 0.25) is 0 Å². The van der Waals surface area contributed by atoms with E-state index >= 15 is 0 Å². The van der Waals surface area contributed by atoms with Gasteiger partial charge in [-0.1, -0.05) is 13.0 Å². The van der Waals surface area contributed by atoms with Gasteiger partial charge < -0.3 is 15.7 Å². The van der Waals surface area contributed by atoms with E-state index in [1.54, 1.807) is 0 Å². The van der Waals surface area contributed by atoms with Crippen LogP contribution >= 0.6 is 0 Å². The van der Waals surface area contributed by atoms with Gasteiger partial charge in [-0.25, -0.2) is 22.4 Å². The number of aromatic carboxylic acids is 1. The zero-order valence-corrected chi connectivity index (χ0v) is 12.0. The Morgan fingerprint density at radius 1 is 1.33 bits per heavy atom. The lowest BCUT2D eigenvalue weighted by molar-refractivity contribution is 0.0697. The molecule has 3 N–H and O–H groups in total. The number of carboxylic acids is 1. The highest BCUT2D eigenvalue weighted by Gasteiger charge is 2.16. The Morgan fingerprint density at radius 3 is 2.57 bits per heavy atom. The van der Waals surface area contributed by atoms with E-state index in [4.69, 9.17) is 5.11 Å². The Morgan fingerprint density at radius 2 is 2.00 bits per heavy atom. The van der Waals surface area contributed by atoms with Gasteiger partial charge >= 0.3 is 12.0 Å². The number of hydrogen-bond donors (Lipinski definition) is 3. The van der Waals surface area contributed by atoms with Gasteiger partial charge in [0.15, 0.2) is 9.84 Å². The van der Waals surface area contributed by atoms with Crippen LogP contribution in [0.4, 0.5) is 14.9 Å². The Hall–Kier alpha value is -2.16. The third kappa shape index (κ3) is 5.03. The summed E-state index contributed by atoms with van der Waals surface area (Å²) in [7, 11) is -3.23. The van der Waals surface area contributed by atoms with Crippen LogP contribution in [0.25, 0.3) is 0 Å². The lowest BCUT2D eigenvalue weighted by Crippen LogP contribution is -2.33. The summed E-state index contributed by atoms with van der Waals surface area (Å²) in [5.41, 5.74) is -0.868. The first kappa shape index (κ1) is 16.9. The van der Waals surface area contributed by atoms with E-state index in [2.05, 4.69) is 10.6 Å². The Kier molecular flexibility index (Phi) is 5.65. The van der Waals surface area contributed by atoms with Gasteiger partial charge in [0.05, 0.1) is 17.0 Å². The Bertz CT molecular complexity index is 645. The van der Waals surface area contributed by atoms with Crippen LogP contribution in [0.5, 0.6) is 0 Å². The third-order valence-electron chi connectivity index (χ3n) is 2.62. The van der Waals surface area contributed by atoms with Crippen molar-refractivity contribution in [3.05, 3.63) is 29.6 Å². The van der Waals surface area contributed by atoms with E-state index < -0.39 is 38.9 Å². The monoisotopic (exact) mass is 318 g/mol. The van der Waals surface area contributed by atoms with Crippen LogP contribution in [0.15, 0.2) is 18.2 Å². The average Bonchev–Trinajstić information content (AvgIpc) is 2.40. The molecule has 0 saturated heterocycles. The fourth-order valence-corrected chi connectivity index (χ4v) is 2.15. The number of sulfone groups is 1. The second-order valence-corrected chi connectivity index (χ2v) is 6.56. The molecule has 0 saturated carbocycles. The molecule has 116 valence electrons. The Balaban J connectivity index is 2.70. The van der Waals surface area contributed by atoms with Crippen molar-refractivity contribution in [2.45, 2.75) is 6.92 Å². The molecule has 0 aliphatic heterocycles. The number of amides is 2. The number of halogens is 1. The maximum absolute atomic E-state index is 13.5. The molecule has 0 bridgehead atoms. The van der Waals surface area contributed by atoms with E-state index in [1.807, 2.05) is 0 Å². The average molecular weight is 318 g/mol. The standard InChI is InChI=1S/C12H15FN2O5S/c1-2-21(19,20)7-6-14-12(18)15-10-8(11(16)17)4-3-5-9(10)13/h3-5H,2,6-7H2,1H3,(H,16,17)(H2,14,15,18). The molecule has 9 heteroatoms. The minimum atomic E-state index is -3.23. The number of rotatable bonds is 6. The molecule has 0 aromatic heterocycles. The second kappa shape index (κ2) is 7.02. The lowest BCUT2D eigenvalue weighted by atomic mass is 10.1. The van der Waals surface area contributed by atoms with E-state index in [-0.39, 0.29) is 18.1 Å². The Labute approximate surface area is 121 Å². The predicted octanol–water partition coefficient (Wildman–Crippen LogP) is 1.08. The van der Waals surface area contributed by atoms with Crippen molar-refractivity contribution >= 4 is 27.5 Å². The summed E-state index contributed by atoms with van der Waals surface area (Å²) in [6.07, 6.45) is 0. The smallest absolute Gasteiger partial charge is 0.337 e. The molecule has 0 aliphatic rings. The van der Waals surface area contributed by atoms with Gasteiger partial charge in [-0.2, -0.15) is 0 Å². The summed E-state index contributed by atoms with van der Waals surface area (Å²) < 4.78 is 36.0. The second-order valence-electron chi connectivity index (χ2n) is 4.08. The molecule has 0 aliphatic carbocycles. The number of anilines is 1. The normalized spacial score (nSPS) is 11.0. The van der Waals surface area contributed by atoms with Crippen molar-refractivity contribution in [2.75, 3.05) is 23.4 Å². The summed E-state index contributed by atoms with van der Waals surface area (Å²) in [6, 6.07) is 2.47. The van der Waals surface area contributed by atoms with Gasteiger partial charge in [0, 0.05) is 12.3 Å². The first-order valence-corrected chi connectivity index (χ1v) is 7.86. The molecular formula is C12H15FN2O5S. The number of urea groups is 1. The molecule has 0 heterocycles. The number of nitrogens with one attached hydrogen (secondary N) is 2. The fourth-order valence-electron chi connectivity index (χ4n) is 1.45. The van der Waals surface area contributed by atoms with E-state index in [9.17, 15) is 22.4 Å². The van der Waals surface area contributed by atoms with Crippen LogP contribution in [0.1, 0.15) is 17.3 Å². The number of carbonyl (C=O) groups excluding carboxylic acids is 1. The van der Waals surface area contributed by atoms with Crippen LogP contribution in [-0.4, -0.2) is 43.6 Å². The number of benzene rings is 1. The van der Waals surface area contributed by atoms with Crippen molar-refractivity contribution in [3.8, 4) is 0 Å².